The van der Waals surface area contributed by atoms with Gasteiger partial charge >= 0.3 is 0 Å². The number of hydrogen-bond donors (Lipinski definition) is 0. The molecule has 0 aromatic heterocycles. The zero-order valence-corrected chi connectivity index (χ0v) is 19.1. The molecular weight excluding hydrogens is 393 g/mol. The largest absolute Gasteiger partial charge is 0.174 e. The highest BCUT2D eigenvalue weighted by molar-refractivity contribution is 6.83. The van der Waals surface area contributed by atoms with Gasteiger partial charge in [0.2, 0.25) is 0 Å². The van der Waals surface area contributed by atoms with Crippen LogP contribution in [0.2, 0.25) is 37.9 Å². The van der Waals surface area contributed by atoms with Gasteiger partial charge in [-0.15, -0.1) is 0 Å². The third-order valence-corrected chi connectivity index (χ3v) is 7.81. The van der Waals surface area contributed by atoms with Gasteiger partial charge in [0, 0.05) is 0 Å². The summed E-state index contributed by atoms with van der Waals surface area (Å²) in [5, 5.41) is 0. The van der Waals surface area contributed by atoms with E-state index in [1.807, 2.05) is 0 Å². The van der Waals surface area contributed by atoms with Crippen LogP contribution in [0.4, 0.5) is 0 Å². The first-order valence-electron chi connectivity index (χ1n) is 12.8. The Morgan fingerprint density at radius 3 is 0.758 bits per heavy atom. The fourth-order valence-electron chi connectivity index (χ4n) is 5.22. The zero-order valence-electron chi connectivity index (χ0n) is 19.1. The summed E-state index contributed by atoms with van der Waals surface area (Å²) in [7, 11) is 0. The zero-order chi connectivity index (χ0) is 21.8. The summed E-state index contributed by atoms with van der Waals surface area (Å²) in [4.78, 5) is 0. The van der Waals surface area contributed by atoms with Crippen molar-refractivity contribution in [2.45, 2.75) is 37.9 Å². The molecular formula is C30H27B3. The molecule has 0 saturated carbocycles. The lowest BCUT2D eigenvalue weighted by Gasteiger charge is -2.13. The first-order valence-corrected chi connectivity index (χ1v) is 12.8. The van der Waals surface area contributed by atoms with Gasteiger partial charge in [0.15, 0.2) is 20.1 Å². The summed E-state index contributed by atoms with van der Waals surface area (Å²) in [6.07, 6.45) is 8.12. The molecule has 3 heteroatoms. The van der Waals surface area contributed by atoms with E-state index in [4.69, 9.17) is 0 Å². The Hall–Kier alpha value is -2.93. The molecule has 0 N–H and O–H groups in total. The lowest BCUT2D eigenvalue weighted by Crippen LogP contribution is -2.13. The van der Waals surface area contributed by atoms with Crippen LogP contribution >= 0.6 is 0 Å². The van der Waals surface area contributed by atoms with Crippen molar-refractivity contribution >= 4 is 36.5 Å². The molecule has 3 fully saturated rings. The molecule has 3 heterocycles. The molecule has 4 aromatic carbocycles. The third-order valence-electron chi connectivity index (χ3n) is 7.81. The molecule has 33 heavy (non-hydrogen) atoms. The Morgan fingerprint density at radius 2 is 0.545 bits per heavy atom. The van der Waals surface area contributed by atoms with Crippen molar-refractivity contribution < 1.29 is 0 Å². The summed E-state index contributed by atoms with van der Waals surface area (Å²) < 4.78 is 0. The summed E-state index contributed by atoms with van der Waals surface area (Å²) in [5.74, 6) is 0. The SMILES string of the molecule is c1cc(-c2cc(-c3ccc(B4CC4)cc3)cc(-c3ccc(B4CC4)cc3)c2)ccc1B1CC1. The van der Waals surface area contributed by atoms with E-state index in [0.29, 0.717) is 0 Å². The predicted octanol–water partition coefficient (Wildman–Crippen LogP) is 5.83. The summed E-state index contributed by atoms with van der Waals surface area (Å²) in [6.45, 7) is 2.41. The Balaban J connectivity index is 1.29. The molecule has 0 spiro atoms. The van der Waals surface area contributed by atoms with Gasteiger partial charge in [0.05, 0.1) is 0 Å². The third kappa shape index (κ3) is 4.10. The fourth-order valence-corrected chi connectivity index (χ4v) is 5.22. The van der Waals surface area contributed by atoms with Crippen LogP contribution in [-0.2, 0) is 0 Å². The Bertz CT molecular complexity index is 1120. The van der Waals surface area contributed by atoms with Gasteiger partial charge in [-0.2, -0.15) is 0 Å². The molecule has 0 atom stereocenters. The second-order valence-electron chi connectivity index (χ2n) is 10.5. The van der Waals surface area contributed by atoms with Crippen molar-refractivity contribution in [3.05, 3.63) is 91.0 Å². The van der Waals surface area contributed by atoms with E-state index in [-0.39, 0.29) is 0 Å². The van der Waals surface area contributed by atoms with E-state index in [1.54, 1.807) is 0 Å². The van der Waals surface area contributed by atoms with E-state index < -0.39 is 0 Å². The smallest absolute Gasteiger partial charge is 0.0801 e. The van der Waals surface area contributed by atoms with Crippen molar-refractivity contribution in [1.29, 1.82) is 0 Å². The standard InChI is InChI=1S/C30H27B3/c1-7-28(31-13-14-31)8-2-22(1)25-19-26(23-3-9-29(10-4-23)32-15-16-32)21-27(20-25)24-5-11-30(12-6-24)33-17-18-33/h1-12,19-21H,13-18H2. The molecule has 0 radical (unpaired) electrons. The Kier molecular flexibility index (Phi) is 4.64. The van der Waals surface area contributed by atoms with Gasteiger partial charge in [0.25, 0.3) is 0 Å². The molecule has 0 amide bonds. The van der Waals surface area contributed by atoms with Crippen molar-refractivity contribution in [1.82, 2.24) is 0 Å². The number of rotatable bonds is 6. The lowest BCUT2D eigenvalue weighted by molar-refractivity contribution is 1.58. The second kappa shape index (κ2) is 7.84. The van der Waals surface area contributed by atoms with Crippen LogP contribution in [0.1, 0.15) is 0 Å². The Labute approximate surface area is 198 Å². The molecule has 7 rings (SSSR count). The van der Waals surface area contributed by atoms with Crippen LogP contribution in [0.25, 0.3) is 33.4 Å². The second-order valence-corrected chi connectivity index (χ2v) is 10.5. The van der Waals surface area contributed by atoms with Crippen LogP contribution in [0.5, 0.6) is 0 Å². The van der Waals surface area contributed by atoms with Crippen molar-refractivity contribution in [2.24, 2.45) is 0 Å². The van der Waals surface area contributed by atoms with Gasteiger partial charge < -0.3 is 0 Å². The normalized spacial score (nSPS) is 16.2. The quantitative estimate of drug-likeness (QED) is 0.345. The van der Waals surface area contributed by atoms with Crippen LogP contribution in [0.3, 0.4) is 0 Å². The summed E-state index contributed by atoms with van der Waals surface area (Å²) in [6, 6.07) is 35.1. The number of benzene rings is 4. The number of hydrogen-bond acceptors (Lipinski definition) is 0. The molecule has 0 aliphatic carbocycles. The molecule has 4 aromatic rings. The van der Waals surface area contributed by atoms with Crippen LogP contribution in [0.15, 0.2) is 91.0 Å². The van der Waals surface area contributed by atoms with E-state index in [9.17, 15) is 0 Å². The average molecular weight is 420 g/mol. The van der Waals surface area contributed by atoms with E-state index in [0.717, 1.165) is 20.1 Å². The van der Waals surface area contributed by atoms with Crippen LogP contribution < -0.4 is 16.4 Å². The molecule has 156 valence electrons. The van der Waals surface area contributed by atoms with Gasteiger partial charge in [-0.25, -0.2) is 0 Å². The molecule has 0 unspecified atom stereocenters. The Morgan fingerprint density at radius 1 is 0.303 bits per heavy atom. The predicted molar refractivity (Wildman–Crippen MR) is 148 cm³/mol. The fraction of sp³-hybridized carbons (Fsp3) is 0.200. The van der Waals surface area contributed by atoms with Gasteiger partial charge in [0.1, 0.15) is 0 Å². The maximum atomic E-state index is 2.38. The van der Waals surface area contributed by atoms with Gasteiger partial charge in [-0.1, -0.05) is 127 Å². The van der Waals surface area contributed by atoms with Crippen molar-refractivity contribution in [3.63, 3.8) is 0 Å². The molecule has 3 aliphatic rings. The first kappa shape index (κ1) is 19.5. The highest BCUT2D eigenvalue weighted by Crippen LogP contribution is 2.33. The van der Waals surface area contributed by atoms with Crippen molar-refractivity contribution in [3.8, 4) is 33.4 Å². The van der Waals surface area contributed by atoms with E-state index in [2.05, 4.69) is 91.0 Å². The lowest BCUT2D eigenvalue weighted by atomic mass is 9.63. The molecule has 0 nitrogen and oxygen atoms in total. The maximum Gasteiger partial charge on any atom is 0.174 e. The van der Waals surface area contributed by atoms with Crippen molar-refractivity contribution in [2.75, 3.05) is 0 Å². The average Bonchev–Trinajstić information content (AvgIpc) is 3.74. The van der Waals surface area contributed by atoms with Crippen LogP contribution in [0, 0.1) is 0 Å². The monoisotopic (exact) mass is 420 g/mol. The molecule has 3 saturated heterocycles. The van der Waals surface area contributed by atoms with Gasteiger partial charge in [-0.3, -0.25) is 0 Å². The minimum Gasteiger partial charge on any atom is -0.0801 e. The molecule has 3 aliphatic heterocycles. The topological polar surface area (TPSA) is 0 Å². The van der Waals surface area contributed by atoms with Crippen LogP contribution in [-0.4, -0.2) is 20.1 Å². The van der Waals surface area contributed by atoms with Gasteiger partial charge in [-0.05, 0) is 51.6 Å². The minimum atomic E-state index is 0.802. The molecule has 0 bridgehead atoms. The first-order chi connectivity index (χ1) is 16.3. The summed E-state index contributed by atoms with van der Waals surface area (Å²) in [5.41, 5.74) is 12.4. The van der Waals surface area contributed by atoms with E-state index >= 15 is 0 Å². The maximum absolute atomic E-state index is 2.38. The summed E-state index contributed by atoms with van der Waals surface area (Å²) >= 11 is 0. The highest BCUT2D eigenvalue weighted by atomic mass is 14.1. The van der Waals surface area contributed by atoms with E-state index in [1.165, 1.54) is 87.7 Å². The highest BCUT2D eigenvalue weighted by Gasteiger charge is 2.29. The minimum absolute atomic E-state index is 0.802.